The van der Waals surface area contributed by atoms with Gasteiger partial charge in [0.1, 0.15) is 0 Å². The van der Waals surface area contributed by atoms with Crippen LogP contribution in [0.5, 0.6) is 0 Å². The van der Waals surface area contributed by atoms with Crippen molar-refractivity contribution in [2.24, 2.45) is 0 Å². The Morgan fingerprint density at radius 3 is 2.41 bits per heavy atom. The molecule has 0 spiro atoms. The van der Waals surface area contributed by atoms with E-state index in [9.17, 15) is 8.42 Å². The lowest BCUT2D eigenvalue weighted by atomic mass is 9.81. The van der Waals surface area contributed by atoms with E-state index < -0.39 is 10.0 Å². The maximum Gasteiger partial charge on any atom is 0.242 e. The summed E-state index contributed by atoms with van der Waals surface area (Å²) in [5.41, 5.74) is 4.34. The third-order valence-electron chi connectivity index (χ3n) is 5.67. The lowest BCUT2D eigenvalue weighted by Gasteiger charge is -2.25. The zero-order valence-corrected chi connectivity index (χ0v) is 16.7. The zero-order valence-electron chi connectivity index (χ0n) is 15.9. The standard InChI is InChI=1S/C22H26N2O2S/c1-24(2)27(25,26)18-12-13-19(16-8-4-3-5-9-16)20(15-18)22-14-17-10-6-7-11-21(17)23-22/h6-7,10-16,23H,3-5,8-9H2,1-2H3. The molecule has 1 aliphatic carbocycles. The molecule has 2 aromatic carbocycles. The third-order valence-corrected chi connectivity index (χ3v) is 7.48. The van der Waals surface area contributed by atoms with Gasteiger partial charge in [0.15, 0.2) is 0 Å². The first-order valence-electron chi connectivity index (χ1n) is 9.61. The Hall–Kier alpha value is -2.11. The number of hydrogen-bond donors (Lipinski definition) is 1. The van der Waals surface area contributed by atoms with Gasteiger partial charge in [-0.25, -0.2) is 12.7 Å². The number of aromatic amines is 1. The van der Waals surface area contributed by atoms with E-state index >= 15 is 0 Å². The summed E-state index contributed by atoms with van der Waals surface area (Å²) in [6.45, 7) is 0. The second-order valence-corrected chi connectivity index (χ2v) is 9.79. The van der Waals surface area contributed by atoms with Gasteiger partial charge in [0, 0.05) is 36.3 Å². The number of rotatable bonds is 4. The molecule has 0 amide bonds. The molecule has 4 rings (SSSR count). The summed E-state index contributed by atoms with van der Waals surface area (Å²) >= 11 is 0. The number of para-hydroxylation sites is 1. The van der Waals surface area contributed by atoms with Crippen LogP contribution in [0.15, 0.2) is 53.4 Å². The van der Waals surface area contributed by atoms with Crippen molar-refractivity contribution in [3.8, 4) is 11.3 Å². The molecule has 0 atom stereocenters. The van der Waals surface area contributed by atoms with Gasteiger partial charge in [0.05, 0.1) is 4.90 Å². The molecule has 4 nitrogen and oxygen atoms in total. The molecule has 0 bridgehead atoms. The molecule has 1 aliphatic rings. The van der Waals surface area contributed by atoms with Crippen molar-refractivity contribution in [3.63, 3.8) is 0 Å². The molecule has 1 fully saturated rings. The molecule has 1 saturated carbocycles. The third kappa shape index (κ3) is 3.42. The number of benzene rings is 2. The van der Waals surface area contributed by atoms with Crippen molar-refractivity contribution in [2.45, 2.75) is 42.9 Å². The molecule has 0 aliphatic heterocycles. The molecule has 1 aromatic heterocycles. The van der Waals surface area contributed by atoms with Gasteiger partial charge < -0.3 is 4.98 Å². The van der Waals surface area contributed by atoms with Crippen LogP contribution >= 0.6 is 0 Å². The van der Waals surface area contributed by atoms with E-state index in [0.29, 0.717) is 10.8 Å². The van der Waals surface area contributed by atoms with Crippen molar-refractivity contribution in [2.75, 3.05) is 14.1 Å². The highest BCUT2D eigenvalue weighted by atomic mass is 32.2. The number of hydrogen-bond acceptors (Lipinski definition) is 2. The van der Waals surface area contributed by atoms with Gasteiger partial charge in [-0.1, -0.05) is 43.5 Å². The van der Waals surface area contributed by atoms with Gasteiger partial charge in [-0.2, -0.15) is 0 Å². The zero-order chi connectivity index (χ0) is 19.0. The van der Waals surface area contributed by atoms with Crippen LogP contribution in [0.3, 0.4) is 0 Å². The molecule has 1 heterocycles. The van der Waals surface area contributed by atoms with Crippen LogP contribution < -0.4 is 0 Å². The summed E-state index contributed by atoms with van der Waals surface area (Å²) < 4.78 is 26.7. The minimum Gasteiger partial charge on any atom is -0.355 e. The highest BCUT2D eigenvalue weighted by Gasteiger charge is 2.24. The molecular weight excluding hydrogens is 356 g/mol. The van der Waals surface area contributed by atoms with E-state index in [1.807, 2.05) is 24.3 Å². The van der Waals surface area contributed by atoms with Crippen LogP contribution in [0.2, 0.25) is 0 Å². The Morgan fingerprint density at radius 1 is 0.963 bits per heavy atom. The van der Waals surface area contributed by atoms with Crippen molar-refractivity contribution < 1.29 is 8.42 Å². The summed E-state index contributed by atoms with van der Waals surface area (Å²) in [5.74, 6) is 0.497. The Labute approximate surface area is 161 Å². The fraction of sp³-hybridized carbons (Fsp3) is 0.364. The summed E-state index contributed by atoms with van der Waals surface area (Å²) in [6, 6.07) is 16.0. The van der Waals surface area contributed by atoms with Gasteiger partial charge in [0.25, 0.3) is 0 Å². The molecule has 142 valence electrons. The van der Waals surface area contributed by atoms with Crippen molar-refractivity contribution >= 4 is 20.9 Å². The number of sulfonamides is 1. The lowest BCUT2D eigenvalue weighted by molar-refractivity contribution is 0.444. The van der Waals surface area contributed by atoms with Crippen LogP contribution in [0, 0.1) is 0 Å². The number of H-pyrrole nitrogens is 1. The normalized spacial score (nSPS) is 16.3. The second-order valence-electron chi connectivity index (χ2n) is 7.64. The predicted molar refractivity (Wildman–Crippen MR) is 110 cm³/mol. The molecule has 3 aromatic rings. The first-order chi connectivity index (χ1) is 13.0. The highest BCUT2D eigenvalue weighted by molar-refractivity contribution is 7.89. The van der Waals surface area contributed by atoms with Crippen LogP contribution in [0.25, 0.3) is 22.2 Å². The number of nitrogens with one attached hydrogen (secondary N) is 1. The summed E-state index contributed by atoms with van der Waals surface area (Å²) in [7, 11) is -0.313. The SMILES string of the molecule is CN(C)S(=O)(=O)c1ccc(C2CCCCC2)c(-c2cc3ccccc3[nH]2)c1. The molecule has 0 radical (unpaired) electrons. The fourth-order valence-electron chi connectivity index (χ4n) is 4.13. The van der Waals surface area contributed by atoms with Crippen LogP contribution in [-0.4, -0.2) is 31.8 Å². The van der Waals surface area contributed by atoms with Crippen molar-refractivity contribution in [1.82, 2.24) is 9.29 Å². The number of aromatic nitrogens is 1. The number of nitrogens with zero attached hydrogens (tertiary/aromatic N) is 1. The van der Waals surface area contributed by atoms with E-state index in [0.717, 1.165) is 22.2 Å². The van der Waals surface area contributed by atoms with E-state index in [1.54, 1.807) is 20.2 Å². The van der Waals surface area contributed by atoms with Crippen LogP contribution in [-0.2, 0) is 10.0 Å². The molecule has 0 saturated heterocycles. The molecule has 0 unspecified atom stereocenters. The van der Waals surface area contributed by atoms with E-state index in [1.165, 1.54) is 42.0 Å². The Morgan fingerprint density at radius 2 is 1.70 bits per heavy atom. The number of fused-ring (bicyclic) bond motifs is 1. The minimum atomic E-state index is -3.47. The quantitative estimate of drug-likeness (QED) is 0.680. The lowest BCUT2D eigenvalue weighted by Crippen LogP contribution is -2.22. The van der Waals surface area contributed by atoms with E-state index in [-0.39, 0.29) is 0 Å². The largest absolute Gasteiger partial charge is 0.355 e. The molecule has 27 heavy (non-hydrogen) atoms. The van der Waals surface area contributed by atoms with Crippen LogP contribution in [0.1, 0.15) is 43.6 Å². The summed E-state index contributed by atoms with van der Waals surface area (Å²) in [6.07, 6.45) is 6.13. The predicted octanol–water partition coefficient (Wildman–Crippen LogP) is 5.13. The van der Waals surface area contributed by atoms with Crippen molar-refractivity contribution in [1.29, 1.82) is 0 Å². The maximum absolute atomic E-state index is 12.7. The van der Waals surface area contributed by atoms with Gasteiger partial charge >= 0.3 is 0 Å². The van der Waals surface area contributed by atoms with E-state index in [2.05, 4.69) is 23.2 Å². The topological polar surface area (TPSA) is 53.2 Å². The highest BCUT2D eigenvalue weighted by Crippen LogP contribution is 2.39. The average molecular weight is 383 g/mol. The fourth-order valence-corrected chi connectivity index (χ4v) is 5.06. The second kappa shape index (κ2) is 7.13. The van der Waals surface area contributed by atoms with Gasteiger partial charge in [-0.3, -0.25) is 0 Å². The average Bonchev–Trinajstić information content (AvgIpc) is 3.12. The Bertz CT molecular complexity index is 1030. The first-order valence-corrected chi connectivity index (χ1v) is 11.1. The molecular formula is C22H26N2O2S. The van der Waals surface area contributed by atoms with Crippen molar-refractivity contribution in [3.05, 3.63) is 54.1 Å². The van der Waals surface area contributed by atoms with Gasteiger partial charge in [-0.05, 0) is 48.6 Å². The Kier molecular flexibility index (Phi) is 4.82. The molecule has 5 heteroatoms. The Balaban J connectivity index is 1.89. The molecule has 1 N–H and O–H groups in total. The maximum atomic E-state index is 12.7. The summed E-state index contributed by atoms with van der Waals surface area (Å²) in [4.78, 5) is 3.84. The van der Waals surface area contributed by atoms with Gasteiger partial charge in [-0.15, -0.1) is 0 Å². The minimum absolute atomic E-state index is 0.348. The van der Waals surface area contributed by atoms with Crippen LogP contribution in [0.4, 0.5) is 0 Å². The summed E-state index contributed by atoms with van der Waals surface area (Å²) in [5, 5.41) is 1.14. The first kappa shape index (κ1) is 18.3. The van der Waals surface area contributed by atoms with Gasteiger partial charge in [0.2, 0.25) is 10.0 Å². The monoisotopic (exact) mass is 382 g/mol. The van der Waals surface area contributed by atoms with E-state index in [4.69, 9.17) is 0 Å². The smallest absolute Gasteiger partial charge is 0.242 e.